The third-order valence-electron chi connectivity index (χ3n) is 11.7. The molecule has 8 nitrogen and oxygen atoms in total. The van der Waals surface area contributed by atoms with E-state index in [0.29, 0.717) is 12.8 Å². The predicted octanol–water partition coefficient (Wildman–Crippen LogP) is 14.6. The summed E-state index contributed by atoms with van der Waals surface area (Å²) in [6.07, 6.45) is 49.8. The number of hydrogen-bond acceptors (Lipinski definition) is 6. The highest BCUT2D eigenvalue weighted by Crippen LogP contribution is 2.43. The summed E-state index contributed by atoms with van der Waals surface area (Å²) in [5, 5.41) is 13.9. The molecule has 9 heteroatoms. The van der Waals surface area contributed by atoms with Gasteiger partial charge >= 0.3 is 7.82 Å². The largest absolute Gasteiger partial charge is 0.472 e. The molecule has 0 heterocycles. The van der Waals surface area contributed by atoms with Crippen molar-refractivity contribution in [3.8, 4) is 0 Å². The molecule has 0 aliphatic carbocycles. The van der Waals surface area contributed by atoms with Crippen molar-refractivity contribution < 1.29 is 28.4 Å². The summed E-state index contributed by atoms with van der Waals surface area (Å²) in [7, 11) is -4.31. The Labute approximate surface area is 354 Å². The smallest absolute Gasteiger partial charge is 0.391 e. The summed E-state index contributed by atoms with van der Waals surface area (Å²) >= 11 is 0. The van der Waals surface area contributed by atoms with Crippen molar-refractivity contribution >= 4 is 13.7 Å². The topological polar surface area (TPSA) is 131 Å². The lowest BCUT2D eigenvalue weighted by molar-refractivity contribution is -0.123. The molecular weight excluding hydrogens is 732 g/mol. The molecule has 0 aromatic carbocycles. The molecule has 57 heavy (non-hydrogen) atoms. The fraction of sp³-hybridized carbons (Fsp3) is 0.979. The Balaban J connectivity index is 3.99. The highest BCUT2D eigenvalue weighted by Gasteiger charge is 2.27. The molecule has 0 spiro atoms. The van der Waals surface area contributed by atoms with Crippen molar-refractivity contribution in [1.29, 1.82) is 0 Å². The van der Waals surface area contributed by atoms with Crippen LogP contribution in [0, 0.1) is 0 Å². The molecule has 0 rings (SSSR count). The third-order valence-corrected chi connectivity index (χ3v) is 12.7. The van der Waals surface area contributed by atoms with Crippen molar-refractivity contribution in [2.45, 2.75) is 283 Å². The lowest BCUT2D eigenvalue weighted by Crippen LogP contribution is -2.46. The maximum absolute atomic E-state index is 12.8. The van der Waals surface area contributed by atoms with Crippen molar-refractivity contribution in [3.63, 3.8) is 0 Å². The van der Waals surface area contributed by atoms with Gasteiger partial charge in [0, 0.05) is 13.0 Å². The molecular formula is C48H99N2O6P. The number of aliphatic hydroxyl groups excluding tert-OH is 1. The second kappa shape index (κ2) is 45.0. The SMILES string of the molecule is CCCCCCCCCCCCCCCCCCCCCCCCC(=O)N[C@@H](COP(=O)(O)OCCN)[C@H](O)CCCCCCCCCCCCCCCCCC. The quantitative estimate of drug-likeness (QED) is 0.0355. The zero-order chi connectivity index (χ0) is 41.8. The lowest BCUT2D eigenvalue weighted by Gasteiger charge is -2.25. The van der Waals surface area contributed by atoms with Crippen molar-refractivity contribution in [3.05, 3.63) is 0 Å². The van der Waals surface area contributed by atoms with Crippen molar-refractivity contribution in [2.24, 2.45) is 5.73 Å². The second-order valence-electron chi connectivity index (χ2n) is 17.4. The van der Waals surface area contributed by atoms with E-state index in [-0.39, 0.29) is 25.7 Å². The van der Waals surface area contributed by atoms with Gasteiger partial charge in [-0.3, -0.25) is 13.8 Å². The highest BCUT2D eigenvalue weighted by molar-refractivity contribution is 7.47. The molecule has 0 fully saturated rings. The van der Waals surface area contributed by atoms with E-state index in [9.17, 15) is 19.4 Å². The van der Waals surface area contributed by atoms with Crippen LogP contribution in [-0.4, -0.2) is 47.8 Å². The number of carbonyl (C=O) groups excluding carboxylic acids is 1. The fourth-order valence-electron chi connectivity index (χ4n) is 7.90. The fourth-order valence-corrected chi connectivity index (χ4v) is 8.66. The van der Waals surface area contributed by atoms with Crippen LogP contribution in [0.5, 0.6) is 0 Å². The van der Waals surface area contributed by atoms with Crippen LogP contribution >= 0.6 is 7.82 Å². The first-order valence-electron chi connectivity index (χ1n) is 25.2. The standard InChI is InChI=1S/C48H99N2O6P/c1-3-5-7-9-11-13-15-17-19-21-22-23-24-25-26-28-30-32-34-36-38-40-42-48(52)50-46(45-56-57(53,54)55-44-43-49)47(51)41-39-37-35-33-31-29-27-20-18-16-14-12-10-8-6-4-2/h46-47,51H,3-45,49H2,1-2H3,(H,50,52)(H,53,54)/t46-,47+/m0/s1. The molecule has 0 bridgehead atoms. The molecule has 0 aliphatic rings. The Morgan fingerprint density at radius 2 is 0.807 bits per heavy atom. The monoisotopic (exact) mass is 831 g/mol. The van der Waals surface area contributed by atoms with Crippen LogP contribution in [0.1, 0.15) is 271 Å². The van der Waals surface area contributed by atoms with Crippen molar-refractivity contribution in [1.82, 2.24) is 5.32 Å². The first kappa shape index (κ1) is 56.5. The molecule has 0 aromatic heterocycles. The number of nitrogens with two attached hydrogens (primary N) is 1. The van der Waals surface area contributed by atoms with Crippen LogP contribution in [0.15, 0.2) is 0 Å². The summed E-state index contributed by atoms with van der Waals surface area (Å²) in [5.41, 5.74) is 5.40. The molecule has 1 amide bonds. The van der Waals surface area contributed by atoms with E-state index in [1.807, 2.05) is 0 Å². The molecule has 5 N–H and O–H groups in total. The van der Waals surface area contributed by atoms with Crippen molar-refractivity contribution in [2.75, 3.05) is 19.8 Å². The summed E-state index contributed by atoms with van der Waals surface area (Å²) in [4.78, 5) is 22.8. The van der Waals surface area contributed by atoms with Crippen LogP contribution in [0.2, 0.25) is 0 Å². The number of phosphoric acid groups is 1. The number of phosphoric ester groups is 1. The zero-order valence-corrected chi connectivity index (χ0v) is 39.0. The molecule has 0 saturated heterocycles. The molecule has 3 atom stereocenters. The number of carbonyl (C=O) groups is 1. The van der Waals surface area contributed by atoms with Gasteiger partial charge in [-0.25, -0.2) is 4.57 Å². The van der Waals surface area contributed by atoms with Crippen LogP contribution < -0.4 is 11.1 Å². The normalized spacial score (nSPS) is 13.8. The van der Waals surface area contributed by atoms with E-state index in [0.717, 1.165) is 38.5 Å². The van der Waals surface area contributed by atoms with E-state index in [1.165, 1.54) is 205 Å². The van der Waals surface area contributed by atoms with Crippen LogP contribution in [0.25, 0.3) is 0 Å². The molecule has 0 aliphatic heterocycles. The van der Waals surface area contributed by atoms with Gasteiger partial charge in [-0.05, 0) is 12.8 Å². The second-order valence-corrected chi connectivity index (χ2v) is 18.8. The molecule has 0 saturated carbocycles. The van der Waals surface area contributed by atoms with Gasteiger partial charge < -0.3 is 21.1 Å². The number of unbranched alkanes of at least 4 members (excludes halogenated alkanes) is 36. The summed E-state index contributed by atoms with van der Waals surface area (Å²) in [6.45, 7) is 4.26. The first-order valence-corrected chi connectivity index (χ1v) is 26.6. The molecule has 0 radical (unpaired) electrons. The minimum atomic E-state index is -4.31. The van der Waals surface area contributed by atoms with Crippen LogP contribution in [0.3, 0.4) is 0 Å². The zero-order valence-electron chi connectivity index (χ0n) is 38.1. The van der Waals surface area contributed by atoms with Gasteiger partial charge in [0.15, 0.2) is 0 Å². The minimum Gasteiger partial charge on any atom is -0.391 e. The van der Waals surface area contributed by atoms with E-state index in [4.69, 9.17) is 14.8 Å². The number of nitrogens with one attached hydrogen (secondary N) is 1. The average Bonchev–Trinajstić information content (AvgIpc) is 3.20. The number of aliphatic hydroxyl groups is 1. The van der Waals surface area contributed by atoms with E-state index in [1.54, 1.807) is 0 Å². The first-order chi connectivity index (χ1) is 27.9. The van der Waals surface area contributed by atoms with Gasteiger partial charge in [-0.15, -0.1) is 0 Å². The Hall–Kier alpha value is -0.500. The van der Waals surface area contributed by atoms with Gasteiger partial charge in [0.2, 0.25) is 5.91 Å². The molecule has 0 aromatic rings. The molecule has 342 valence electrons. The van der Waals surface area contributed by atoms with Crippen LogP contribution in [-0.2, 0) is 18.4 Å². The van der Waals surface area contributed by atoms with Gasteiger partial charge in [-0.1, -0.05) is 251 Å². The van der Waals surface area contributed by atoms with E-state index in [2.05, 4.69) is 19.2 Å². The molecule has 1 unspecified atom stereocenters. The summed E-state index contributed by atoms with van der Waals surface area (Å²) in [5.74, 6) is -0.154. The lowest BCUT2D eigenvalue weighted by atomic mass is 10.0. The summed E-state index contributed by atoms with van der Waals surface area (Å²) in [6, 6.07) is -0.768. The van der Waals surface area contributed by atoms with Crippen LogP contribution in [0.4, 0.5) is 0 Å². The van der Waals surface area contributed by atoms with E-state index >= 15 is 0 Å². The van der Waals surface area contributed by atoms with Gasteiger partial charge in [-0.2, -0.15) is 0 Å². The van der Waals surface area contributed by atoms with Gasteiger partial charge in [0.1, 0.15) is 0 Å². The highest BCUT2D eigenvalue weighted by atomic mass is 31.2. The predicted molar refractivity (Wildman–Crippen MR) is 245 cm³/mol. The third kappa shape index (κ3) is 43.4. The number of rotatable bonds is 48. The minimum absolute atomic E-state index is 0.0927. The Kier molecular flexibility index (Phi) is 44.6. The Morgan fingerprint density at radius 1 is 0.509 bits per heavy atom. The number of hydrogen-bond donors (Lipinski definition) is 4. The Morgan fingerprint density at radius 3 is 1.12 bits per heavy atom. The Bertz CT molecular complexity index is 865. The number of amides is 1. The van der Waals surface area contributed by atoms with E-state index < -0.39 is 20.0 Å². The maximum atomic E-state index is 12.8. The van der Waals surface area contributed by atoms with Gasteiger partial charge in [0.05, 0.1) is 25.4 Å². The average molecular weight is 831 g/mol. The summed E-state index contributed by atoms with van der Waals surface area (Å²) < 4.78 is 22.3. The van der Waals surface area contributed by atoms with Gasteiger partial charge in [0.25, 0.3) is 0 Å². The maximum Gasteiger partial charge on any atom is 0.472 e.